The Hall–Kier alpha value is -2.47. The molecule has 0 aliphatic heterocycles. The van der Waals surface area contributed by atoms with Crippen LogP contribution in [0.2, 0.25) is 0 Å². The molecule has 0 saturated heterocycles. The molecule has 4 nitrogen and oxygen atoms in total. The summed E-state index contributed by atoms with van der Waals surface area (Å²) in [5.74, 6) is -0.375. The fourth-order valence-electron chi connectivity index (χ4n) is 2.43. The molecule has 2 aromatic heterocycles. The summed E-state index contributed by atoms with van der Waals surface area (Å²) >= 11 is 1.66. The van der Waals surface area contributed by atoms with Gasteiger partial charge in [-0.25, -0.2) is 4.39 Å². The van der Waals surface area contributed by atoms with Gasteiger partial charge < -0.3 is 5.32 Å². The van der Waals surface area contributed by atoms with E-state index in [0.29, 0.717) is 13.1 Å². The Bertz CT molecular complexity index is 809. The lowest BCUT2D eigenvalue weighted by Crippen LogP contribution is -2.29. The molecule has 1 N–H and O–H groups in total. The van der Waals surface area contributed by atoms with E-state index < -0.39 is 0 Å². The third-order valence-corrected chi connectivity index (χ3v) is 4.57. The van der Waals surface area contributed by atoms with Gasteiger partial charge in [0.25, 0.3) is 0 Å². The number of carbonyl (C=O) groups is 1. The molecule has 0 bridgehead atoms. The van der Waals surface area contributed by atoms with Crippen molar-refractivity contribution in [2.45, 2.75) is 19.9 Å². The summed E-state index contributed by atoms with van der Waals surface area (Å²) in [6.45, 7) is 3.13. The van der Waals surface area contributed by atoms with Crippen molar-refractivity contribution < 1.29 is 9.18 Å². The van der Waals surface area contributed by atoms with E-state index in [4.69, 9.17) is 0 Å². The molecule has 0 fully saturated rings. The maximum atomic E-state index is 12.8. The van der Waals surface area contributed by atoms with Gasteiger partial charge >= 0.3 is 0 Å². The van der Waals surface area contributed by atoms with Crippen LogP contribution in [-0.4, -0.2) is 22.2 Å². The first-order valence-electron chi connectivity index (χ1n) is 7.71. The number of aryl methyl sites for hydroxylation is 1. The van der Waals surface area contributed by atoms with E-state index in [1.807, 2.05) is 35.2 Å². The molecule has 0 radical (unpaired) electrons. The van der Waals surface area contributed by atoms with Crippen LogP contribution in [0.15, 0.2) is 47.8 Å². The highest BCUT2D eigenvalue weighted by molar-refractivity contribution is 7.13. The van der Waals surface area contributed by atoms with Crippen LogP contribution in [0.25, 0.3) is 10.6 Å². The molecule has 0 unspecified atom stereocenters. The van der Waals surface area contributed by atoms with E-state index in [2.05, 4.69) is 10.4 Å². The average Bonchev–Trinajstić information content (AvgIpc) is 3.20. The van der Waals surface area contributed by atoms with Crippen molar-refractivity contribution in [3.05, 3.63) is 64.9 Å². The number of rotatable bonds is 6. The van der Waals surface area contributed by atoms with Crippen LogP contribution < -0.4 is 5.32 Å². The largest absolute Gasteiger partial charge is 0.354 e. The number of nitrogens with zero attached hydrogens (tertiary/aromatic N) is 2. The third kappa shape index (κ3) is 4.08. The zero-order valence-electron chi connectivity index (χ0n) is 13.3. The standard InChI is InChI=1S/C18H18FN3OS/c1-13-11-16(17-3-2-10-24-17)21-22(13)9-8-20-18(23)12-14-4-6-15(19)7-5-14/h2-7,10-11H,8-9,12H2,1H3,(H,20,23). The summed E-state index contributed by atoms with van der Waals surface area (Å²) < 4.78 is 14.7. The summed E-state index contributed by atoms with van der Waals surface area (Å²) in [5, 5.41) is 9.48. The van der Waals surface area contributed by atoms with Gasteiger partial charge in [0.1, 0.15) is 11.5 Å². The second-order valence-electron chi connectivity index (χ2n) is 5.52. The van der Waals surface area contributed by atoms with Crippen LogP contribution in [0.5, 0.6) is 0 Å². The topological polar surface area (TPSA) is 46.9 Å². The van der Waals surface area contributed by atoms with Crippen molar-refractivity contribution in [3.63, 3.8) is 0 Å². The summed E-state index contributed by atoms with van der Waals surface area (Å²) in [5.41, 5.74) is 2.82. The fraction of sp³-hybridized carbons (Fsp3) is 0.222. The van der Waals surface area contributed by atoms with Gasteiger partial charge in [-0.1, -0.05) is 18.2 Å². The molecule has 2 heterocycles. The molecule has 0 aliphatic rings. The number of thiophene rings is 1. The van der Waals surface area contributed by atoms with E-state index in [0.717, 1.165) is 21.8 Å². The second-order valence-corrected chi connectivity index (χ2v) is 6.47. The molecular formula is C18H18FN3OS. The number of amides is 1. The maximum absolute atomic E-state index is 12.8. The van der Waals surface area contributed by atoms with Crippen LogP contribution in [0.4, 0.5) is 4.39 Å². The van der Waals surface area contributed by atoms with Crippen LogP contribution in [0.3, 0.4) is 0 Å². The molecule has 1 aromatic carbocycles. The van der Waals surface area contributed by atoms with Gasteiger partial charge in [-0.2, -0.15) is 5.10 Å². The Balaban J connectivity index is 1.51. The van der Waals surface area contributed by atoms with Gasteiger partial charge in [-0.3, -0.25) is 9.48 Å². The molecule has 1 amide bonds. The minimum Gasteiger partial charge on any atom is -0.354 e. The van der Waals surface area contributed by atoms with Crippen molar-refractivity contribution in [1.82, 2.24) is 15.1 Å². The van der Waals surface area contributed by atoms with Crippen LogP contribution in [0, 0.1) is 12.7 Å². The summed E-state index contributed by atoms with van der Waals surface area (Å²) in [6.07, 6.45) is 0.249. The summed E-state index contributed by atoms with van der Waals surface area (Å²) in [4.78, 5) is 13.1. The first-order chi connectivity index (χ1) is 11.6. The molecule has 0 saturated carbocycles. The lowest BCUT2D eigenvalue weighted by Gasteiger charge is -2.07. The van der Waals surface area contributed by atoms with Crippen LogP contribution >= 0.6 is 11.3 Å². The van der Waals surface area contributed by atoms with Gasteiger partial charge in [0.15, 0.2) is 0 Å². The van der Waals surface area contributed by atoms with Crippen molar-refractivity contribution in [2.24, 2.45) is 0 Å². The van der Waals surface area contributed by atoms with Crippen molar-refractivity contribution in [2.75, 3.05) is 6.54 Å². The second kappa shape index (κ2) is 7.40. The first-order valence-corrected chi connectivity index (χ1v) is 8.59. The highest BCUT2D eigenvalue weighted by Crippen LogP contribution is 2.23. The Kier molecular flexibility index (Phi) is 5.05. The molecule has 24 heavy (non-hydrogen) atoms. The molecular weight excluding hydrogens is 325 g/mol. The predicted molar refractivity (Wildman–Crippen MR) is 93.4 cm³/mol. The molecule has 124 valence electrons. The quantitative estimate of drug-likeness (QED) is 0.745. The fourth-order valence-corrected chi connectivity index (χ4v) is 3.11. The Morgan fingerprint density at radius 1 is 1.29 bits per heavy atom. The minimum absolute atomic E-state index is 0.0788. The SMILES string of the molecule is Cc1cc(-c2cccs2)nn1CCNC(=O)Cc1ccc(F)cc1. The van der Waals surface area contributed by atoms with Gasteiger partial charge in [-0.15, -0.1) is 11.3 Å². The van der Waals surface area contributed by atoms with Gasteiger partial charge in [0.05, 0.1) is 17.8 Å². The van der Waals surface area contributed by atoms with Gasteiger partial charge in [-0.05, 0) is 42.1 Å². The van der Waals surface area contributed by atoms with Gasteiger partial charge in [0.2, 0.25) is 5.91 Å². The van der Waals surface area contributed by atoms with Crippen molar-refractivity contribution in [3.8, 4) is 10.6 Å². The number of nitrogens with one attached hydrogen (secondary N) is 1. The van der Waals surface area contributed by atoms with Gasteiger partial charge in [0, 0.05) is 12.2 Å². The number of hydrogen-bond donors (Lipinski definition) is 1. The first kappa shape index (κ1) is 16.4. The Labute approximate surface area is 143 Å². The normalized spacial score (nSPS) is 10.8. The van der Waals surface area contributed by atoms with Crippen molar-refractivity contribution in [1.29, 1.82) is 0 Å². The zero-order chi connectivity index (χ0) is 16.9. The monoisotopic (exact) mass is 343 g/mol. The number of benzene rings is 1. The number of carbonyl (C=O) groups excluding carboxylic acids is 1. The van der Waals surface area contributed by atoms with E-state index in [1.165, 1.54) is 12.1 Å². The smallest absolute Gasteiger partial charge is 0.224 e. The highest BCUT2D eigenvalue weighted by atomic mass is 32.1. The summed E-state index contributed by atoms with van der Waals surface area (Å²) in [6, 6.07) is 12.1. The predicted octanol–water partition coefficient (Wildman–Crippen LogP) is 3.42. The molecule has 0 aliphatic carbocycles. The number of halogens is 1. The van der Waals surface area contributed by atoms with Crippen LogP contribution in [-0.2, 0) is 17.8 Å². The third-order valence-electron chi connectivity index (χ3n) is 3.68. The zero-order valence-corrected chi connectivity index (χ0v) is 14.1. The van der Waals surface area contributed by atoms with Crippen LogP contribution in [0.1, 0.15) is 11.3 Å². The minimum atomic E-state index is -0.296. The Morgan fingerprint density at radius 3 is 2.79 bits per heavy atom. The Morgan fingerprint density at radius 2 is 2.08 bits per heavy atom. The van der Waals surface area contributed by atoms with E-state index in [1.54, 1.807) is 23.5 Å². The lowest BCUT2D eigenvalue weighted by atomic mass is 10.1. The average molecular weight is 343 g/mol. The molecule has 0 spiro atoms. The lowest BCUT2D eigenvalue weighted by molar-refractivity contribution is -0.120. The molecule has 3 aromatic rings. The maximum Gasteiger partial charge on any atom is 0.224 e. The molecule has 6 heteroatoms. The molecule has 0 atom stereocenters. The molecule has 3 rings (SSSR count). The van der Waals surface area contributed by atoms with E-state index in [9.17, 15) is 9.18 Å². The number of aromatic nitrogens is 2. The highest BCUT2D eigenvalue weighted by Gasteiger charge is 2.08. The van der Waals surface area contributed by atoms with E-state index >= 15 is 0 Å². The summed E-state index contributed by atoms with van der Waals surface area (Å²) in [7, 11) is 0. The number of hydrogen-bond acceptors (Lipinski definition) is 3. The van der Waals surface area contributed by atoms with E-state index in [-0.39, 0.29) is 18.1 Å². The van der Waals surface area contributed by atoms with Crippen molar-refractivity contribution >= 4 is 17.2 Å².